The minimum atomic E-state index is -0.155. The smallest absolute Gasteiger partial charge is 0.306 e. The molecule has 1 amide bonds. The predicted molar refractivity (Wildman–Crippen MR) is 148 cm³/mol. The van der Waals surface area contributed by atoms with Crippen LogP contribution in [-0.2, 0) is 27.2 Å². The fraction of sp³-hybridized carbons (Fsp3) is 0.500. The number of methoxy groups -OCH3 is 1. The molecular formula is C28H39Cl2N3O3. The van der Waals surface area contributed by atoms with Crippen LogP contribution >= 0.6 is 23.2 Å². The van der Waals surface area contributed by atoms with Crippen LogP contribution in [0.3, 0.4) is 0 Å². The second-order valence-corrected chi connectivity index (χ2v) is 10.5. The van der Waals surface area contributed by atoms with Crippen molar-refractivity contribution in [2.75, 3.05) is 47.4 Å². The summed E-state index contributed by atoms with van der Waals surface area (Å²) in [5.41, 5.74) is 2.49. The van der Waals surface area contributed by atoms with Crippen LogP contribution in [0.4, 0.5) is 0 Å². The first-order valence-electron chi connectivity index (χ1n) is 12.4. The van der Waals surface area contributed by atoms with Crippen LogP contribution in [0.15, 0.2) is 48.5 Å². The number of rotatable bonds is 9. The Morgan fingerprint density at radius 2 is 1.69 bits per heavy atom. The summed E-state index contributed by atoms with van der Waals surface area (Å²) in [6.07, 6.45) is 2.90. The molecule has 2 unspecified atom stereocenters. The van der Waals surface area contributed by atoms with Crippen LogP contribution in [0, 0.1) is 5.92 Å². The second-order valence-electron chi connectivity index (χ2n) is 9.63. The number of halogens is 2. The summed E-state index contributed by atoms with van der Waals surface area (Å²) in [4.78, 5) is 26.9. The average Bonchev–Trinajstić information content (AvgIpc) is 3.00. The van der Waals surface area contributed by atoms with E-state index >= 15 is 0 Å². The molecule has 2 aromatic rings. The zero-order chi connectivity index (χ0) is 26.5. The molecule has 0 radical (unpaired) electrons. The van der Waals surface area contributed by atoms with Gasteiger partial charge in [-0.1, -0.05) is 54.4 Å². The molecule has 36 heavy (non-hydrogen) atoms. The first kappa shape index (κ1) is 30.1. The molecule has 8 heteroatoms. The number of carbonyl (C=O) groups excluding carboxylic acids is 2. The van der Waals surface area contributed by atoms with Crippen molar-refractivity contribution >= 4 is 35.1 Å². The Morgan fingerprint density at radius 3 is 2.28 bits per heavy atom. The largest absolute Gasteiger partial charge is 0.469 e. The summed E-state index contributed by atoms with van der Waals surface area (Å²) < 4.78 is 4.63. The number of nitrogens with one attached hydrogen (secondary N) is 1. The molecule has 2 atom stereocenters. The van der Waals surface area contributed by atoms with Gasteiger partial charge in [0.05, 0.1) is 13.5 Å². The van der Waals surface area contributed by atoms with Gasteiger partial charge in [-0.25, -0.2) is 0 Å². The van der Waals surface area contributed by atoms with E-state index in [-0.39, 0.29) is 17.9 Å². The molecule has 6 nitrogen and oxygen atoms in total. The topological polar surface area (TPSA) is 61.9 Å². The van der Waals surface area contributed by atoms with Gasteiger partial charge in [-0.15, -0.1) is 0 Å². The van der Waals surface area contributed by atoms with Crippen molar-refractivity contribution in [1.82, 2.24) is 15.1 Å². The molecule has 0 aliphatic carbocycles. The first-order chi connectivity index (χ1) is 17.1. The number of hydrogen-bond donors (Lipinski definition) is 1. The fourth-order valence-corrected chi connectivity index (χ4v) is 4.47. The molecule has 1 aliphatic heterocycles. The molecule has 1 saturated heterocycles. The van der Waals surface area contributed by atoms with Gasteiger partial charge in [0.15, 0.2) is 0 Å². The third kappa shape index (κ3) is 12.2. The van der Waals surface area contributed by atoms with Crippen molar-refractivity contribution in [3.8, 4) is 0 Å². The van der Waals surface area contributed by atoms with Crippen molar-refractivity contribution in [2.45, 2.75) is 38.6 Å². The summed E-state index contributed by atoms with van der Waals surface area (Å²) >= 11 is 11.7. The van der Waals surface area contributed by atoms with Crippen LogP contribution in [0.25, 0.3) is 0 Å². The Morgan fingerprint density at radius 1 is 1.11 bits per heavy atom. The Balaban J connectivity index is 0.000000255. The minimum absolute atomic E-state index is 0.147. The molecular weight excluding hydrogens is 497 g/mol. The van der Waals surface area contributed by atoms with Crippen molar-refractivity contribution < 1.29 is 14.3 Å². The third-order valence-corrected chi connectivity index (χ3v) is 6.56. The van der Waals surface area contributed by atoms with Gasteiger partial charge in [0.25, 0.3) is 0 Å². The fourth-order valence-electron chi connectivity index (χ4n) is 4.22. The van der Waals surface area contributed by atoms with E-state index in [1.54, 1.807) is 0 Å². The summed E-state index contributed by atoms with van der Waals surface area (Å²) in [6, 6.07) is 16.0. The second kappa shape index (κ2) is 15.9. The highest BCUT2D eigenvalue weighted by atomic mass is 35.5. The Hall–Kier alpha value is -2.12. The maximum atomic E-state index is 11.5. The van der Waals surface area contributed by atoms with E-state index in [2.05, 4.69) is 46.0 Å². The van der Waals surface area contributed by atoms with Gasteiger partial charge in [0.2, 0.25) is 5.91 Å². The lowest BCUT2D eigenvalue weighted by Crippen LogP contribution is -2.39. The maximum absolute atomic E-state index is 11.5. The molecule has 1 aliphatic rings. The van der Waals surface area contributed by atoms with Gasteiger partial charge in [0, 0.05) is 48.7 Å². The molecule has 2 aromatic carbocycles. The van der Waals surface area contributed by atoms with Gasteiger partial charge in [-0.2, -0.15) is 0 Å². The molecule has 0 saturated carbocycles. The van der Waals surface area contributed by atoms with E-state index in [4.69, 9.17) is 23.2 Å². The van der Waals surface area contributed by atoms with Crippen molar-refractivity contribution in [1.29, 1.82) is 0 Å². The monoisotopic (exact) mass is 535 g/mol. The van der Waals surface area contributed by atoms with Crippen LogP contribution in [0.1, 0.15) is 30.9 Å². The molecule has 198 valence electrons. The Bertz CT molecular complexity index is 938. The molecule has 1 N–H and O–H groups in total. The van der Waals surface area contributed by atoms with E-state index in [0.29, 0.717) is 18.8 Å². The zero-order valence-corrected chi connectivity index (χ0v) is 23.3. The number of nitrogens with zero attached hydrogens (tertiary/aromatic N) is 2. The van der Waals surface area contributed by atoms with Crippen LogP contribution < -0.4 is 5.32 Å². The van der Waals surface area contributed by atoms with E-state index in [1.807, 2.05) is 43.4 Å². The lowest BCUT2D eigenvalue weighted by molar-refractivity contribution is -0.141. The molecule has 1 fully saturated rings. The molecule has 0 bridgehead atoms. The Labute approximate surface area is 225 Å². The number of amides is 1. The van der Waals surface area contributed by atoms with Crippen LogP contribution in [0.5, 0.6) is 0 Å². The maximum Gasteiger partial charge on any atom is 0.306 e. The van der Waals surface area contributed by atoms with E-state index in [9.17, 15) is 9.59 Å². The predicted octanol–water partition coefficient (Wildman–Crippen LogP) is 4.72. The van der Waals surface area contributed by atoms with Crippen LogP contribution in [-0.4, -0.2) is 75.1 Å². The van der Waals surface area contributed by atoms with Gasteiger partial charge in [-0.05, 0) is 68.2 Å². The quantitative estimate of drug-likeness (QED) is 0.471. The van der Waals surface area contributed by atoms with Crippen LogP contribution in [0.2, 0.25) is 10.0 Å². The Kier molecular flexibility index (Phi) is 13.3. The van der Waals surface area contributed by atoms with Gasteiger partial charge in [-0.3, -0.25) is 9.59 Å². The summed E-state index contributed by atoms with van der Waals surface area (Å²) in [5, 5.41) is 4.57. The lowest BCUT2D eigenvalue weighted by atomic mass is 10.0. The number of ether oxygens (including phenoxy) is 1. The van der Waals surface area contributed by atoms with Gasteiger partial charge >= 0.3 is 5.97 Å². The number of benzene rings is 2. The normalized spacial score (nSPS) is 17.0. The molecule has 3 rings (SSSR count). The van der Waals surface area contributed by atoms with E-state index < -0.39 is 0 Å². The lowest BCUT2D eigenvalue weighted by Gasteiger charge is -2.20. The van der Waals surface area contributed by atoms with Crippen molar-refractivity contribution in [2.24, 2.45) is 5.92 Å². The molecule has 0 aromatic heterocycles. The SMILES string of the molecule is CN1CCC(=O)NC(Cc2ccc(Cl)cc2)C1.COC(=O)CCN(C)CC(C)Cc1ccc(Cl)cc1. The summed E-state index contributed by atoms with van der Waals surface area (Å²) in [6.45, 7) is 5.64. The number of likely N-dealkylation sites (N-methyl/N-ethyl adjacent to an activating group) is 1. The highest BCUT2D eigenvalue weighted by Gasteiger charge is 2.19. The highest BCUT2D eigenvalue weighted by molar-refractivity contribution is 6.30. The van der Waals surface area contributed by atoms with Crippen molar-refractivity contribution in [3.63, 3.8) is 0 Å². The van der Waals surface area contributed by atoms with E-state index in [0.717, 1.165) is 49.1 Å². The number of esters is 1. The summed E-state index contributed by atoms with van der Waals surface area (Å²) in [7, 11) is 5.50. The van der Waals surface area contributed by atoms with Crippen molar-refractivity contribution in [3.05, 3.63) is 69.7 Å². The summed E-state index contributed by atoms with van der Waals surface area (Å²) in [5.74, 6) is 0.523. The number of carbonyl (C=O) groups is 2. The van der Waals surface area contributed by atoms with Gasteiger partial charge in [0.1, 0.15) is 0 Å². The number of hydrogen-bond acceptors (Lipinski definition) is 5. The van der Waals surface area contributed by atoms with E-state index in [1.165, 1.54) is 18.2 Å². The molecule has 1 heterocycles. The minimum Gasteiger partial charge on any atom is -0.469 e. The molecule has 0 spiro atoms. The zero-order valence-electron chi connectivity index (χ0n) is 21.8. The third-order valence-electron chi connectivity index (χ3n) is 6.06. The first-order valence-corrected chi connectivity index (χ1v) is 13.1. The standard InChI is InChI=1S/C15H22ClNO2.C13H17ClN2O/c1-12(10-13-4-6-14(16)7-5-13)11-17(2)9-8-15(18)19-3;1-16-7-6-13(17)15-12(9-16)8-10-2-4-11(14)5-3-10/h4-7,12H,8-11H2,1-3H3;2-5,12H,6-9H2,1H3,(H,15,17). The van der Waals surface area contributed by atoms with Gasteiger partial charge < -0.3 is 19.9 Å². The average molecular weight is 537 g/mol. The highest BCUT2D eigenvalue weighted by Crippen LogP contribution is 2.14.